The van der Waals surface area contributed by atoms with E-state index in [1.807, 2.05) is 0 Å². The van der Waals surface area contributed by atoms with Crippen molar-refractivity contribution in [2.24, 2.45) is 0 Å². The first-order valence-corrected chi connectivity index (χ1v) is 7.04. The smallest absolute Gasteiger partial charge is 0.222 e. The van der Waals surface area contributed by atoms with Gasteiger partial charge in [-0.05, 0) is 13.0 Å². The normalized spacial score (nSPS) is 13.7. The van der Waals surface area contributed by atoms with Crippen molar-refractivity contribution >= 4 is 28.6 Å². The lowest BCUT2D eigenvalue weighted by molar-refractivity contribution is -0.114. The maximum Gasteiger partial charge on any atom is 0.222 e. The van der Waals surface area contributed by atoms with E-state index in [2.05, 4.69) is 10.3 Å². The van der Waals surface area contributed by atoms with Gasteiger partial charge in [-0.25, -0.2) is 4.98 Å². The minimum atomic E-state index is -1.12. The lowest BCUT2D eigenvalue weighted by Crippen LogP contribution is -2.22. The standard InChI is InChI=1S/C13H18N2O4S/c1-7-10(4-5-12(14-7)15-8(2)16)13(19)11(18)6-20-9(3)17/h4-5,11,13,18-19H,6H2,1-3H3,(H,14,15,16). The summed E-state index contributed by atoms with van der Waals surface area (Å²) in [5.74, 6) is 0.269. The Balaban J connectivity index is 2.80. The Labute approximate surface area is 121 Å². The average molecular weight is 298 g/mol. The highest BCUT2D eigenvalue weighted by molar-refractivity contribution is 8.13. The fourth-order valence-corrected chi connectivity index (χ4v) is 2.22. The van der Waals surface area contributed by atoms with E-state index in [4.69, 9.17) is 0 Å². The Morgan fingerprint density at radius 3 is 2.50 bits per heavy atom. The van der Waals surface area contributed by atoms with E-state index in [0.717, 1.165) is 11.8 Å². The molecule has 2 atom stereocenters. The van der Waals surface area contributed by atoms with Crippen molar-refractivity contribution in [3.8, 4) is 0 Å². The minimum Gasteiger partial charge on any atom is -0.389 e. The maximum atomic E-state index is 10.9. The van der Waals surface area contributed by atoms with Crippen LogP contribution in [-0.2, 0) is 9.59 Å². The molecule has 1 rings (SSSR count). The van der Waals surface area contributed by atoms with Gasteiger partial charge in [0.05, 0.1) is 6.10 Å². The average Bonchev–Trinajstić information content (AvgIpc) is 2.34. The quantitative estimate of drug-likeness (QED) is 0.750. The molecule has 3 N–H and O–H groups in total. The van der Waals surface area contributed by atoms with Gasteiger partial charge in [0.25, 0.3) is 0 Å². The fraction of sp³-hybridized carbons (Fsp3) is 0.462. The van der Waals surface area contributed by atoms with Crippen LogP contribution in [0.3, 0.4) is 0 Å². The molecule has 2 unspecified atom stereocenters. The number of hydrogen-bond donors (Lipinski definition) is 3. The van der Waals surface area contributed by atoms with Gasteiger partial charge in [0, 0.05) is 30.9 Å². The lowest BCUT2D eigenvalue weighted by atomic mass is 10.0. The number of carbonyl (C=O) groups excluding carboxylic acids is 2. The highest BCUT2D eigenvalue weighted by Crippen LogP contribution is 2.23. The number of aryl methyl sites for hydroxylation is 1. The number of aromatic nitrogens is 1. The highest BCUT2D eigenvalue weighted by atomic mass is 32.2. The number of amides is 1. The summed E-state index contributed by atoms with van der Waals surface area (Å²) >= 11 is 0.953. The van der Waals surface area contributed by atoms with Crippen LogP contribution >= 0.6 is 11.8 Å². The van der Waals surface area contributed by atoms with Crippen LogP contribution in [0, 0.1) is 6.92 Å². The molecule has 1 amide bonds. The second-order valence-electron chi connectivity index (χ2n) is 4.37. The van der Waals surface area contributed by atoms with Crippen molar-refractivity contribution in [3.05, 3.63) is 23.4 Å². The zero-order valence-corrected chi connectivity index (χ0v) is 12.4. The molecule has 0 radical (unpaired) electrons. The van der Waals surface area contributed by atoms with Gasteiger partial charge in [-0.15, -0.1) is 0 Å². The third kappa shape index (κ3) is 4.92. The number of aliphatic hydroxyl groups excluding tert-OH is 2. The van der Waals surface area contributed by atoms with Gasteiger partial charge in [-0.3, -0.25) is 9.59 Å². The number of nitrogens with one attached hydrogen (secondary N) is 1. The van der Waals surface area contributed by atoms with E-state index < -0.39 is 12.2 Å². The SMILES string of the molecule is CC(=O)Nc1ccc(C(O)C(O)CSC(C)=O)c(C)n1. The first-order valence-electron chi connectivity index (χ1n) is 6.06. The van der Waals surface area contributed by atoms with Crippen LogP contribution in [0.25, 0.3) is 0 Å². The molecule has 110 valence electrons. The summed E-state index contributed by atoms with van der Waals surface area (Å²) in [4.78, 5) is 25.9. The third-order valence-electron chi connectivity index (χ3n) is 2.57. The summed E-state index contributed by atoms with van der Waals surface area (Å²) in [6, 6.07) is 3.15. The van der Waals surface area contributed by atoms with Gasteiger partial charge in [0.1, 0.15) is 11.9 Å². The van der Waals surface area contributed by atoms with E-state index in [-0.39, 0.29) is 16.8 Å². The molecule has 0 aliphatic rings. The fourth-order valence-electron chi connectivity index (χ4n) is 1.64. The number of rotatable bonds is 5. The summed E-state index contributed by atoms with van der Waals surface area (Å²) < 4.78 is 0. The second kappa shape index (κ2) is 7.37. The Kier molecular flexibility index (Phi) is 6.12. The topological polar surface area (TPSA) is 99.5 Å². The molecular weight excluding hydrogens is 280 g/mol. The van der Waals surface area contributed by atoms with Crippen molar-refractivity contribution < 1.29 is 19.8 Å². The Morgan fingerprint density at radius 1 is 1.35 bits per heavy atom. The molecule has 0 saturated carbocycles. The third-order valence-corrected chi connectivity index (χ3v) is 3.49. The minimum absolute atomic E-state index is 0.114. The van der Waals surface area contributed by atoms with Gasteiger partial charge >= 0.3 is 0 Å². The summed E-state index contributed by atoms with van der Waals surface area (Å²) in [6.07, 6.45) is -2.18. The number of anilines is 1. The first kappa shape index (κ1) is 16.6. The van der Waals surface area contributed by atoms with Crippen molar-refractivity contribution in [1.29, 1.82) is 0 Å². The Hall–Kier alpha value is -1.44. The van der Waals surface area contributed by atoms with Crippen molar-refractivity contribution in [1.82, 2.24) is 4.98 Å². The van der Waals surface area contributed by atoms with Crippen LogP contribution in [0.2, 0.25) is 0 Å². The molecule has 0 spiro atoms. The summed E-state index contributed by atoms with van der Waals surface area (Å²) in [7, 11) is 0. The van der Waals surface area contributed by atoms with E-state index in [1.54, 1.807) is 19.1 Å². The predicted octanol–water partition coefficient (Wildman–Crippen LogP) is 1.02. The van der Waals surface area contributed by atoms with Gasteiger partial charge in [-0.2, -0.15) is 0 Å². The van der Waals surface area contributed by atoms with Crippen LogP contribution in [-0.4, -0.2) is 38.1 Å². The zero-order valence-electron chi connectivity index (χ0n) is 11.6. The van der Waals surface area contributed by atoms with E-state index in [0.29, 0.717) is 17.1 Å². The molecule has 0 aliphatic heterocycles. The number of pyridine rings is 1. The number of thioether (sulfide) groups is 1. The molecule has 1 heterocycles. The van der Waals surface area contributed by atoms with Crippen molar-refractivity contribution in [3.63, 3.8) is 0 Å². The van der Waals surface area contributed by atoms with Crippen molar-refractivity contribution in [2.75, 3.05) is 11.1 Å². The predicted molar refractivity (Wildman–Crippen MR) is 77.4 cm³/mol. The molecule has 1 aromatic rings. The molecule has 0 aliphatic carbocycles. The summed E-state index contributed by atoms with van der Waals surface area (Å²) in [5.41, 5.74) is 0.978. The van der Waals surface area contributed by atoms with Crippen LogP contribution in [0.5, 0.6) is 0 Å². The van der Waals surface area contributed by atoms with Crippen LogP contribution in [0.15, 0.2) is 12.1 Å². The number of aliphatic hydroxyl groups is 2. The molecule has 7 heteroatoms. The summed E-state index contributed by atoms with van der Waals surface area (Å²) in [5, 5.41) is 22.3. The van der Waals surface area contributed by atoms with Crippen LogP contribution in [0.4, 0.5) is 5.82 Å². The van der Waals surface area contributed by atoms with Crippen LogP contribution in [0.1, 0.15) is 31.2 Å². The van der Waals surface area contributed by atoms with Gasteiger partial charge in [0.2, 0.25) is 5.91 Å². The maximum absolute atomic E-state index is 10.9. The second-order valence-corrected chi connectivity index (χ2v) is 5.56. The number of carbonyl (C=O) groups is 2. The van der Waals surface area contributed by atoms with E-state index in [1.165, 1.54) is 13.8 Å². The van der Waals surface area contributed by atoms with Gasteiger partial charge < -0.3 is 15.5 Å². The Morgan fingerprint density at radius 2 is 2.00 bits per heavy atom. The first-order chi connectivity index (χ1) is 9.31. The van der Waals surface area contributed by atoms with Crippen molar-refractivity contribution in [2.45, 2.75) is 33.0 Å². The molecule has 0 saturated heterocycles. The van der Waals surface area contributed by atoms with Gasteiger partial charge in [-0.1, -0.05) is 17.8 Å². The molecule has 0 fully saturated rings. The molecule has 0 bridgehead atoms. The largest absolute Gasteiger partial charge is 0.389 e. The van der Waals surface area contributed by atoms with E-state index >= 15 is 0 Å². The molecule has 20 heavy (non-hydrogen) atoms. The monoisotopic (exact) mass is 298 g/mol. The summed E-state index contributed by atoms with van der Waals surface area (Å²) in [6.45, 7) is 4.45. The zero-order chi connectivity index (χ0) is 15.3. The molecular formula is C13H18N2O4S. The van der Waals surface area contributed by atoms with Crippen LogP contribution < -0.4 is 5.32 Å². The lowest BCUT2D eigenvalue weighted by Gasteiger charge is -2.19. The van der Waals surface area contributed by atoms with Gasteiger partial charge in [0.15, 0.2) is 5.12 Å². The molecule has 0 aromatic carbocycles. The highest BCUT2D eigenvalue weighted by Gasteiger charge is 2.21. The Bertz CT molecular complexity index is 507. The number of nitrogens with zero attached hydrogens (tertiary/aromatic N) is 1. The van der Waals surface area contributed by atoms with E-state index in [9.17, 15) is 19.8 Å². The molecule has 1 aromatic heterocycles. The number of hydrogen-bond acceptors (Lipinski definition) is 6. The molecule has 6 nitrogen and oxygen atoms in total.